The Morgan fingerprint density at radius 2 is 2.14 bits per heavy atom. The van der Waals surface area contributed by atoms with Crippen molar-refractivity contribution in [1.29, 1.82) is 0 Å². The summed E-state index contributed by atoms with van der Waals surface area (Å²) < 4.78 is 11.4. The maximum atomic E-state index is 11.8. The van der Waals surface area contributed by atoms with E-state index in [0.29, 0.717) is 16.4 Å². The lowest BCUT2D eigenvalue weighted by Gasteiger charge is -2.03. The number of fused-ring (bicyclic) bond motifs is 1. The van der Waals surface area contributed by atoms with Gasteiger partial charge in [-0.15, -0.1) is 0 Å². The van der Waals surface area contributed by atoms with Crippen LogP contribution in [0.3, 0.4) is 0 Å². The zero-order valence-electron chi connectivity index (χ0n) is 10.8. The van der Waals surface area contributed by atoms with Crippen molar-refractivity contribution in [3.05, 3.63) is 27.1 Å². The molecule has 0 fully saturated rings. The Labute approximate surface area is 132 Å². The summed E-state index contributed by atoms with van der Waals surface area (Å²) in [6.07, 6.45) is 1.69. The van der Waals surface area contributed by atoms with Gasteiger partial charge < -0.3 is 14.8 Å². The van der Waals surface area contributed by atoms with Gasteiger partial charge in [0, 0.05) is 11.4 Å². The van der Waals surface area contributed by atoms with Crippen LogP contribution in [0.1, 0.15) is 12.5 Å². The molecule has 1 aromatic carbocycles. The second kappa shape index (κ2) is 5.53. The standard InChI is InChI=1S/C13H9BrN2O4S/c1-6(17)15-13-16-12(18)11(21-13)3-7-2-9-10(4-8(7)14)20-5-19-9/h2-4H,5H2,1H3,(H,15,16,17,18)/b11-3+. The van der Waals surface area contributed by atoms with Gasteiger partial charge in [0.05, 0.1) is 4.91 Å². The number of benzene rings is 1. The summed E-state index contributed by atoms with van der Waals surface area (Å²) in [6.45, 7) is 1.55. The number of ether oxygens (including phenoxy) is 2. The van der Waals surface area contributed by atoms with Crippen molar-refractivity contribution < 1.29 is 19.1 Å². The number of amides is 2. The highest BCUT2D eigenvalue weighted by Gasteiger charge is 2.23. The maximum absolute atomic E-state index is 11.8. The molecular weight excluding hydrogens is 360 g/mol. The first kappa shape index (κ1) is 14.2. The molecule has 0 saturated heterocycles. The van der Waals surface area contributed by atoms with E-state index in [0.717, 1.165) is 21.8 Å². The number of aliphatic imine (C=N–C) groups is 1. The zero-order valence-corrected chi connectivity index (χ0v) is 13.2. The van der Waals surface area contributed by atoms with Crippen molar-refractivity contribution >= 4 is 50.7 Å². The first-order chi connectivity index (χ1) is 10.0. The molecule has 0 aliphatic carbocycles. The van der Waals surface area contributed by atoms with E-state index in [2.05, 4.69) is 26.2 Å². The minimum Gasteiger partial charge on any atom is -0.454 e. The highest BCUT2D eigenvalue weighted by atomic mass is 79.9. The molecular formula is C13H9BrN2O4S. The Bertz CT molecular complexity index is 714. The van der Waals surface area contributed by atoms with Crippen molar-refractivity contribution in [2.75, 3.05) is 6.79 Å². The molecule has 0 atom stereocenters. The number of amidine groups is 1. The van der Waals surface area contributed by atoms with E-state index in [4.69, 9.17) is 9.47 Å². The first-order valence-corrected chi connectivity index (χ1v) is 7.53. The van der Waals surface area contributed by atoms with E-state index < -0.39 is 0 Å². The molecule has 6 nitrogen and oxygen atoms in total. The lowest BCUT2D eigenvalue weighted by molar-refractivity contribution is -0.117. The Morgan fingerprint density at radius 1 is 1.43 bits per heavy atom. The molecule has 0 spiro atoms. The number of rotatable bonds is 1. The van der Waals surface area contributed by atoms with Crippen LogP contribution < -0.4 is 14.8 Å². The Balaban J connectivity index is 1.87. The number of carbonyl (C=O) groups excluding carboxylic acids is 2. The third-order valence-electron chi connectivity index (χ3n) is 2.68. The van der Waals surface area contributed by atoms with Gasteiger partial charge >= 0.3 is 0 Å². The predicted octanol–water partition coefficient (Wildman–Crippen LogP) is 2.28. The second-order valence-electron chi connectivity index (χ2n) is 4.24. The van der Waals surface area contributed by atoms with E-state index in [1.165, 1.54) is 6.92 Å². The third-order valence-corrected chi connectivity index (χ3v) is 4.27. The van der Waals surface area contributed by atoms with Gasteiger partial charge in [-0.3, -0.25) is 9.59 Å². The van der Waals surface area contributed by atoms with Crippen LogP contribution in [0.15, 0.2) is 26.5 Å². The summed E-state index contributed by atoms with van der Waals surface area (Å²) in [7, 11) is 0. The summed E-state index contributed by atoms with van der Waals surface area (Å²) in [5.74, 6) is 0.640. The molecule has 8 heteroatoms. The molecule has 2 aliphatic rings. The summed E-state index contributed by atoms with van der Waals surface area (Å²) in [4.78, 5) is 27.0. The fourth-order valence-electron chi connectivity index (χ4n) is 1.80. The number of carbonyl (C=O) groups is 2. The fourth-order valence-corrected chi connectivity index (χ4v) is 3.09. The van der Waals surface area contributed by atoms with E-state index in [9.17, 15) is 9.59 Å². The second-order valence-corrected chi connectivity index (χ2v) is 6.13. The average Bonchev–Trinajstić information content (AvgIpc) is 2.96. The molecule has 2 heterocycles. The zero-order chi connectivity index (χ0) is 15.0. The van der Waals surface area contributed by atoms with Crippen molar-refractivity contribution in [1.82, 2.24) is 5.32 Å². The SMILES string of the molecule is CC(=O)NC1=NC(=O)/C(=C\c2cc3c(cc2Br)OCO3)S1. The first-order valence-electron chi connectivity index (χ1n) is 5.92. The number of hydrogen-bond donors (Lipinski definition) is 1. The Morgan fingerprint density at radius 3 is 2.86 bits per heavy atom. The van der Waals surface area contributed by atoms with Crippen LogP contribution in [0.2, 0.25) is 0 Å². The van der Waals surface area contributed by atoms with Gasteiger partial charge in [0.25, 0.3) is 5.91 Å². The number of hydrogen-bond acceptors (Lipinski definition) is 5. The van der Waals surface area contributed by atoms with Gasteiger partial charge in [0.2, 0.25) is 12.7 Å². The number of nitrogens with zero attached hydrogens (tertiary/aromatic N) is 1. The van der Waals surface area contributed by atoms with Crippen LogP contribution in [-0.2, 0) is 9.59 Å². The summed E-state index contributed by atoms with van der Waals surface area (Å²) in [5, 5.41) is 2.79. The van der Waals surface area contributed by atoms with E-state index >= 15 is 0 Å². The van der Waals surface area contributed by atoms with Gasteiger partial charge in [-0.1, -0.05) is 15.9 Å². The van der Waals surface area contributed by atoms with Crippen molar-refractivity contribution in [3.8, 4) is 11.5 Å². The molecule has 0 bridgehead atoms. The predicted molar refractivity (Wildman–Crippen MR) is 82.1 cm³/mol. The lowest BCUT2D eigenvalue weighted by atomic mass is 10.2. The van der Waals surface area contributed by atoms with E-state index in [1.54, 1.807) is 18.2 Å². The van der Waals surface area contributed by atoms with Gasteiger partial charge in [-0.25, -0.2) is 0 Å². The van der Waals surface area contributed by atoms with Gasteiger partial charge in [-0.2, -0.15) is 4.99 Å². The quantitative estimate of drug-likeness (QED) is 0.769. The fraction of sp³-hybridized carbons (Fsp3) is 0.154. The monoisotopic (exact) mass is 368 g/mol. The van der Waals surface area contributed by atoms with Crippen LogP contribution in [0.5, 0.6) is 11.5 Å². The van der Waals surface area contributed by atoms with Crippen LogP contribution in [0, 0.1) is 0 Å². The normalized spacial score (nSPS) is 18.1. The number of nitrogens with one attached hydrogen (secondary N) is 1. The largest absolute Gasteiger partial charge is 0.454 e. The number of thioether (sulfide) groups is 1. The average molecular weight is 369 g/mol. The molecule has 3 rings (SSSR count). The van der Waals surface area contributed by atoms with E-state index in [1.807, 2.05) is 0 Å². The van der Waals surface area contributed by atoms with Crippen molar-refractivity contribution in [2.24, 2.45) is 4.99 Å². The molecule has 0 saturated carbocycles. The highest BCUT2D eigenvalue weighted by molar-refractivity contribution is 9.10. The third kappa shape index (κ3) is 2.96. The lowest BCUT2D eigenvalue weighted by Crippen LogP contribution is -2.23. The smallest absolute Gasteiger partial charge is 0.286 e. The summed E-state index contributed by atoms with van der Waals surface area (Å²) >= 11 is 4.55. The molecule has 0 unspecified atom stereocenters. The minimum absolute atomic E-state index is 0.186. The molecule has 1 aromatic rings. The topological polar surface area (TPSA) is 77.0 Å². The van der Waals surface area contributed by atoms with Gasteiger partial charge in [0.15, 0.2) is 16.7 Å². The summed E-state index contributed by atoms with van der Waals surface area (Å²) in [6, 6.07) is 3.57. The Hall–Kier alpha value is -1.80. The highest BCUT2D eigenvalue weighted by Crippen LogP contribution is 2.39. The summed E-state index contributed by atoms with van der Waals surface area (Å²) in [5.41, 5.74) is 0.773. The molecule has 108 valence electrons. The van der Waals surface area contributed by atoms with E-state index in [-0.39, 0.29) is 23.8 Å². The van der Waals surface area contributed by atoms with Crippen LogP contribution in [0.4, 0.5) is 0 Å². The molecule has 21 heavy (non-hydrogen) atoms. The number of halogens is 1. The molecule has 2 amide bonds. The molecule has 0 aromatic heterocycles. The van der Waals surface area contributed by atoms with Gasteiger partial charge in [0.1, 0.15) is 0 Å². The van der Waals surface area contributed by atoms with Gasteiger partial charge in [-0.05, 0) is 35.5 Å². The van der Waals surface area contributed by atoms with Crippen molar-refractivity contribution in [3.63, 3.8) is 0 Å². The minimum atomic E-state index is -0.381. The van der Waals surface area contributed by atoms with Crippen LogP contribution in [0.25, 0.3) is 6.08 Å². The van der Waals surface area contributed by atoms with Crippen LogP contribution in [-0.4, -0.2) is 23.8 Å². The Kier molecular flexibility index (Phi) is 3.73. The van der Waals surface area contributed by atoms with Crippen molar-refractivity contribution in [2.45, 2.75) is 6.92 Å². The molecule has 0 radical (unpaired) electrons. The molecule has 1 N–H and O–H groups in total. The van der Waals surface area contributed by atoms with Crippen LogP contribution >= 0.6 is 27.7 Å². The maximum Gasteiger partial charge on any atom is 0.286 e. The molecule has 2 aliphatic heterocycles.